The highest BCUT2D eigenvalue weighted by molar-refractivity contribution is 5.95. The van der Waals surface area contributed by atoms with E-state index in [0.29, 0.717) is 30.4 Å². The summed E-state index contributed by atoms with van der Waals surface area (Å²) in [5.41, 5.74) is 0.655. The zero-order valence-corrected chi connectivity index (χ0v) is 11.5. The second kappa shape index (κ2) is 6.27. The van der Waals surface area contributed by atoms with E-state index in [1.165, 1.54) is 0 Å². The van der Waals surface area contributed by atoms with Gasteiger partial charge < -0.3 is 19.1 Å². The number of esters is 2. The molecule has 2 rings (SSSR count). The largest absolute Gasteiger partial charge is 0.494 e. The molecule has 1 aromatic carbocycles. The van der Waals surface area contributed by atoms with E-state index in [2.05, 4.69) is 4.74 Å². The standard InChI is InChI=1S/C14H17NO5/c1-3-18-10-5-6-12(19-4-2)11(7-10)15-8-13(16)20-14(17)9-15/h5-7H,3-4,8-9H2,1-2H3. The fourth-order valence-electron chi connectivity index (χ4n) is 2.01. The van der Waals surface area contributed by atoms with Crippen LogP contribution in [0.3, 0.4) is 0 Å². The van der Waals surface area contributed by atoms with Crippen LogP contribution < -0.4 is 14.4 Å². The van der Waals surface area contributed by atoms with Gasteiger partial charge in [-0.05, 0) is 26.0 Å². The van der Waals surface area contributed by atoms with Crippen molar-refractivity contribution >= 4 is 17.6 Å². The molecule has 0 bridgehead atoms. The van der Waals surface area contributed by atoms with Gasteiger partial charge in [0.1, 0.15) is 24.6 Å². The number of carbonyl (C=O) groups excluding carboxylic acids is 2. The predicted octanol–water partition coefficient (Wildman–Crippen LogP) is 1.37. The maximum absolute atomic E-state index is 11.4. The van der Waals surface area contributed by atoms with Crippen molar-refractivity contribution in [2.45, 2.75) is 13.8 Å². The molecular weight excluding hydrogens is 262 g/mol. The van der Waals surface area contributed by atoms with Crippen molar-refractivity contribution in [1.82, 2.24) is 0 Å². The summed E-state index contributed by atoms with van der Waals surface area (Å²) in [6, 6.07) is 5.33. The van der Waals surface area contributed by atoms with Crippen molar-refractivity contribution in [3.8, 4) is 11.5 Å². The van der Waals surface area contributed by atoms with Gasteiger partial charge >= 0.3 is 11.9 Å². The van der Waals surface area contributed by atoms with E-state index < -0.39 is 11.9 Å². The molecule has 0 spiro atoms. The molecule has 0 amide bonds. The zero-order chi connectivity index (χ0) is 14.5. The number of benzene rings is 1. The summed E-state index contributed by atoms with van der Waals surface area (Å²) in [5.74, 6) is 0.145. The highest BCUT2D eigenvalue weighted by Gasteiger charge is 2.27. The Labute approximate surface area is 117 Å². The van der Waals surface area contributed by atoms with Gasteiger partial charge in [-0.3, -0.25) is 0 Å². The summed E-state index contributed by atoms with van der Waals surface area (Å²) in [7, 11) is 0. The molecule has 1 aliphatic heterocycles. The van der Waals surface area contributed by atoms with E-state index in [4.69, 9.17) is 9.47 Å². The van der Waals surface area contributed by atoms with Gasteiger partial charge in [0, 0.05) is 6.07 Å². The number of hydrogen-bond acceptors (Lipinski definition) is 6. The molecule has 0 unspecified atom stereocenters. The first-order chi connectivity index (χ1) is 9.63. The Balaban J connectivity index is 2.32. The Morgan fingerprint density at radius 3 is 2.35 bits per heavy atom. The van der Waals surface area contributed by atoms with E-state index in [1.807, 2.05) is 13.8 Å². The zero-order valence-electron chi connectivity index (χ0n) is 11.5. The van der Waals surface area contributed by atoms with Crippen LogP contribution in [-0.2, 0) is 14.3 Å². The second-order valence-corrected chi connectivity index (χ2v) is 4.20. The topological polar surface area (TPSA) is 65.1 Å². The minimum atomic E-state index is -0.564. The number of hydrogen-bond donors (Lipinski definition) is 0. The molecule has 6 heteroatoms. The molecule has 1 aromatic rings. The summed E-state index contributed by atoms with van der Waals surface area (Å²) in [5, 5.41) is 0. The minimum Gasteiger partial charge on any atom is -0.494 e. The first kappa shape index (κ1) is 14.2. The molecule has 1 fully saturated rings. The Hall–Kier alpha value is -2.24. The molecule has 0 radical (unpaired) electrons. The molecule has 20 heavy (non-hydrogen) atoms. The fraction of sp³-hybridized carbons (Fsp3) is 0.429. The third-order valence-electron chi connectivity index (χ3n) is 2.75. The summed E-state index contributed by atoms with van der Waals surface area (Å²) in [6.07, 6.45) is 0. The minimum absolute atomic E-state index is 0.0153. The Bertz CT molecular complexity index is 498. The van der Waals surface area contributed by atoms with Crippen LogP contribution in [0.15, 0.2) is 18.2 Å². The van der Waals surface area contributed by atoms with Crippen molar-refractivity contribution in [3.63, 3.8) is 0 Å². The smallest absolute Gasteiger partial charge is 0.333 e. The number of carbonyl (C=O) groups is 2. The Morgan fingerprint density at radius 2 is 1.75 bits per heavy atom. The predicted molar refractivity (Wildman–Crippen MR) is 72.1 cm³/mol. The first-order valence-corrected chi connectivity index (χ1v) is 6.52. The van der Waals surface area contributed by atoms with Crippen molar-refractivity contribution in [2.24, 2.45) is 0 Å². The molecule has 1 saturated heterocycles. The Kier molecular flexibility index (Phi) is 4.45. The number of nitrogens with zero attached hydrogens (tertiary/aromatic N) is 1. The van der Waals surface area contributed by atoms with E-state index in [9.17, 15) is 9.59 Å². The van der Waals surface area contributed by atoms with E-state index in [1.54, 1.807) is 23.1 Å². The van der Waals surface area contributed by atoms with Crippen LogP contribution in [0.2, 0.25) is 0 Å². The SMILES string of the molecule is CCOc1ccc(OCC)c(N2CC(=O)OC(=O)C2)c1. The lowest BCUT2D eigenvalue weighted by Gasteiger charge is -2.28. The molecule has 1 heterocycles. The number of rotatable bonds is 5. The van der Waals surface area contributed by atoms with Crippen LogP contribution in [-0.4, -0.2) is 38.2 Å². The lowest BCUT2D eigenvalue weighted by molar-refractivity contribution is -0.160. The van der Waals surface area contributed by atoms with Crippen LogP contribution in [0.25, 0.3) is 0 Å². The molecule has 0 N–H and O–H groups in total. The van der Waals surface area contributed by atoms with Crippen LogP contribution in [0, 0.1) is 0 Å². The molecule has 0 atom stereocenters. The lowest BCUT2D eigenvalue weighted by atomic mass is 10.2. The average Bonchev–Trinajstić information content (AvgIpc) is 2.40. The van der Waals surface area contributed by atoms with Crippen molar-refractivity contribution in [3.05, 3.63) is 18.2 Å². The van der Waals surface area contributed by atoms with Crippen LogP contribution in [0.1, 0.15) is 13.8 Å². The van der Waals surface area contributed by atoms with Crippen molar-refractivity contribution in [1.29, 1.82) is 0 Å². The maximum Gasteiger partial charge on any atom is 0.333 e. The summed E-state index contributed by atoms with van der Waals surface area (Å²) >= 11 is 0. The fourth-order valence-corrected chi connectivity index (χ4v) is 2.01. The van der Waals surface area contributed by atoms with Crippen molar-refractivity contribution in [2.75, 3.05) is 31.2 Å². The van der Waals surface area contributed by atoms with Gasteiger partial charge in [-0.1, -0.05) is 0 Å². The van der Waals surface area contributed by atoms with Gasteiger partial charge in [0.2, 0.25) is 0 Å². The summed E-state index contributed by atoms with van der Waals surface area (Å²) in [6.45, 7) is 4.82. The van der Waals surface area contributed by atoms with Crippen molar-refractivity contribution < 1.29 is 23.8 Å². The van der Waals surface area contributed by atoms with E-state index >= 15 is 0 Å². The van der Waals surface area contributed by atoms with Gasteiger partial charge in [-0.2, -0.15) is 0 Å². The van der Waals surface area contributed by atoms with Crippen LogP contribution in [0.5, 0.6) is 11.5 Å². The van der Waals surface area contributed by atoms with Gasteiger partial charge in [-0.15, -0.1) is 0 Å². The number of morpholine rings is 1. The molecule has 0 aliphatic carbocycles. The van der Waals surface area contributed by atoms with Crippen LogP contribution in [0.4, 0.5) is 5.69 Å². The number of anilines is 1. The van der Waals surface area contributed by atoms with Gasteiger partial charge in [-0.25, -0.2) is 9.59 Å². The lowest BCUT2D eigenvalue weighted by Crippen LogP contribution is -2.43. The quantitative estimate of drug-likeness (QED) is 0.599. The average molecular weight is 279 g/mol. The summed E-state index contributed by atoms with van der Waals surface area (Å²) in [4.78, 5) is 24.4. The first-order valence-electron chi connectivity index (χ1n) is 6.52. The highest BCUT2D eigenvalue weighted by atomic mass is 16.6. The van der Waals surface area contributed by atoms with Gasteiger partial charge in [0.15, 0.2) is 0 Å². The van der Waals surface area contributed by atoms with E-state index in [0.717, 1.165) is 0 Å². The molecular formula is C14H17NO5. The molecule has 0 saturated carbocycles. The highest BCUT2D eigenvalue weighted by Crippen LogP contribution is 2.33. The monoisotopic (exact) mass is 279 g/mol. The molecule has 0 aromatic heterocycles. The molecule has 6 nitrogen and oxygen atoms in total. The van der Waals surface area contributed by atoms with Crippen LogP contribution >= 0.6 is 0 Å². The van der Waals surface area contributed by atoms with E-state index in [-0.39, 0.29) is 13.1 Å². The second-order valence-electron chi connectivity index (χ2n) is 4.20. The third-order valence-corrected chi connectivity index (χ3v) is 2.75. The molecule has 1 aliphatic rings. The third kappa shape index (κ3) is 3.20. The summed E-state index contributed by atoms with van der Waals surface area (Å²) < 4.78 is 15.5. The normalized spacial score (nSPS) is 15.0. The van der Waals surface area contributed by atoms with Gasteiger partial charge in [0.05, 0.1) is 18.9 Å². The Morgan fingerprint density at radius 1 is 1.10 bits per heavy atom. The maximum atomic E-state index is 11.4. The molecule has 108 valence electrons. The van der Waals surface area contributed by atoms with Gasteiger partial charge in [0.25, 0.3) is 0 Å². The number of ether oxygens (including phenoxy) is 3. The number of cyclic esters (lactones) is 2.